The molecule has 29 nitrogen and oxygen atoms in total. The Hall–Kier alpha value is -12.6. The first-order valence-corrected chi connectivity index (χ1v) is 33.5. The van der Waals surface area contributed by atoms with E-state index in [4.69, 9.17) is 64.9 Å². The number of hydrogen-bond acceptors (Lipinski definition) is 26. The van der Waals surface area contributed by atoms with E-state index < -0.39 is 53.2 Å². The zero-order chi connectivity index (χ0) is 81.8. The van der Waals surface area contributed by atoms with Crippen LogP contribution >= 0.6 is 11.6 Å². The summed E-state index contributed by atoms with van der Waals surface area (Å²) in [5.74, 6) is -2.73. The van der Waals surface area contributed by atoms with Crippen LogP contribution in [0.1, 0.15) is 119 Å². The van der Waals surface area contributed by atoms with Crippen LogP contribution in [-0.4, -0.2) is 128 Å². The number of hydrogen-bond donors (Lipinski definition) is 10. The highest BCUT2D eigenvalue weighted by Gasteiger charge is 2.24. The summed E-state index contributed by atoms with van der Waals surface area (Å²) < 4.78 is 87.5. The van der Waals surface area contributed by atoms with Gasteiger partial charge in [0.1, 0.15) is 69.1 Å². The van der Waals surface area contributed by atoms with Crippen LogP contribution in [0, 0.1) is 68.7 Å². The SMILES string of the molecule is CCOC(=O)c1cc(F)c(Cl)nc1Nc1cc(C)cc(OC)c1.CCOC(=O)c1cc(F)c(NCC(C)C)nc1Nc1cc(C)cc(OC)c1.COc1cc(C)cc(Nc2nc(NC(NC=O)C(C)C)c(F)cc2C(N)=O)c1.COc1cc(C)cc(Nc2nc(NCC(C)C)c(F)cc2C(=O)O)c1.O=C=O.O=C=O. The maximum Gasteiger partial charge on any atom is 0.373 e. The number of carboxylic acid groups (broad SMARTS) is 1. The van der Waals surface area contributed by atoms with Gasteiger partial charge in [-0.25, -0.2) is 51.9 Å². The molecule has 8 aromatic rings. The van der Waals surface area contributed by atoms with Crippen molar-refractivity contribution in [1.29, 1.82) is 0 Å². The molecule has 0 aliphatic rings. The third-order valence-corrected chi connectivity index (χ3v) is 14.4. The van der Waals surface area contributed by atoms with Gasteiger partial charge >= 0.3 is 30.2 Å². The minimum atomic E-state index is -1.26. The van der Waals surface area contributed by atoms with Gasteiger partial charge in [-0.1, -0.05) is 53.1 Å². The lowest BCUT2D eigenvalue weighted by molar-refractivity contribution is -0.193. The Morgan fingerprint density at radius 2 is 0.780 bits per heavy atom. The lowest BCUT2D eigenvalue weighted by Gasteiger charge is -2.23. The number of nitrogens with two attached hydrogens (primary N) is 1. The minimum absolute atomic E-state index is 0.0146. The quantitative estimate of drug-likeness (QED) is 0.00684. The molecule has 0 spiro atoms. The van der Waals surface area contributed by atoms with Gasteiger partial charge in [0.25, 0.3) is 5.91 Å². The monoisotopic (exact) mass is 1540 g/mol. The maximum absolute atomic E-state index is 14.5. The molecule has 0 bridgehead atoms. The summed E-state index contributed by atoms with van der Waals surface area (Å²) in [5, 5.41) is 32.2. The molecule has 11 N–H and O–H groups in total. The predicted molar refractivity (Wildman–Crippen MR) is 401 cm³/mol. The van der Waals surface area contributed by atoms with E-state index in [9.17, 15) is 46.6 Å². The molecule has 0 fully saturated rings. The zero-order valence-corrected chi connectivity index (χ0v) is 63.5. The molecule has 4 aromatic carbocycles. The standard InChI is InChI=1S/C20H26FN3O3.C19H24FN5O3.C18H22FN3O3.C16H16ClFN2O3.2CO2/c1-6-27-20(25)16-10-17(21)19(22-11-12(2)3)24-18(16)23-14-7-13(4)8-15(9-14)26-5;1-10(2)17(22-9-26)24-19-15(20)8-14(16(21)27)18(25-19)23-12-5-11(3)6-13(7-12)28-4;1-10(2)9-20-17-15(19)8-14(18(23)24)16(22-17)21-12-5-11(3)6-13(7-12)25-4;1-4-23-16(21)12-8-13(18)14(17)20-15(12)19-10-5-9(2)6-11(7-10)22-3;2*2-1-3/h7-10,12H,6,11H2,1-5H3,(H2,22,23,24);5-10,17H,1-4H3,(H2,21,27)(H,22,26)(H2,23,24,25);5-8,10H,9H2,1-4H3,(H,23,24)(H2,20,21,22);5-8H,4H2,1-3H3,(H,19,20);;. The van der Waals surface area contributed by atoms with Crippen molar-refractivity contribution in [2.24, 2.45) is 23.5 Å². The van der Waals surface area contributed by atoms with E-state index in [2.05, 4.69) is 62.5 Å². The van der Waals surface area contributed by atoms with Crippen LogP contribution in [0.4, 0.5) is 81.0 Å². The molecule has 8 rings (SSSR count). The number of primary amides is 1. The number of carboxylic acids is 1. The number of benzene rings is 4. The van der Waals surface area contributed by atoms with Gasteiger partial charge < -0.3 is 81.8 Å². The number of esters is 2. The van der Waals surface area contributed by atoms with Gasteiger partial charge in [-0.15, -0.1) is 0 Å². The van der Waals surface area contributed by atoms with Crippen molar-refractivity contribution >= 4 is 118 Å². The van der Waals surface area contributed by atoms with Crippen LogP contribution < -0.4 is 67.2 Å². The van der Waals surface area contributed by atoms with Crippen LogP contribution in [0.2, 0.25) is 5.15 Å². The Labute approximate surface area is 632 Å². The Balaban J connectivity index is 0.000000368. The molecule has 0 aliphatic heterocycles. The number of pyridine rings is 4. The first-order chi connectivity index (χ1) is 51.6. The topological polar surface area (TPSA) is 403 Å². The average Bonchev–Trinajstić information content (AvgIpc) is 0.829. The highest BCUT2D eigenvalue weighted by atomic mass is 35.5. The molecule has 34 heteroatoms. The molecule has 0 radical (unpaired) electrons. The highest BCUT2D eigenvalue weighted by Crippen LogP contribution is 2.33. The summed E-state index contributed by atoms with van der Waals surface area (Å²) >= 11 is 5.72. The molecule has 0 saturated heterocycles. The van der Waals surface area contributed by atoms with E-state index >= 15 is 0 Å². The van der Waals surface area contributed by atoms with E-state index in [0.717, 1.165) is 46.5 Å². The number of aromatic carboxylic acids is 1. The van der Waals surface area contributed by atoms with Gasteiger partial charge in [0, 0.05) is 60.1 Å². The van der Waals surface area contributed by atoms with Gasteiger partial charge in [0.05, 0.1) is 47.2 Å². The average molecular weight is 1540 g/mol. The smallest absolute Gasteiger partial charge is 0.373 e. The van der Waals surface area contributed by atoms with Gasteiger partial charge in [-0.2, -0.15) is 19.2 Å². The number of nitrogens with one attached hydrogen (secondary N) is 8. The van der Waals surface area contributed by atoms with Crippen molar-refractivity contribution in [3.8, 4) is 23.0 Å². The number of ether oxygens (including phenoxy) is 6. The van der Waals surface area contributed by atoms with E-state index in [1.54, 1.807) is 59.4 Å². The number of carbonyl (C=O) groups is 5. The largest absolute Gasteiger partial charge is 0.497 e. The van der Waals surface area contributed by atoms with Crippen LogP contribution in [0.3, 0.4) is 0 Å². The lowest BCUT2D eigenvalue weighted by atomic mass is 10.1. The zero-order valence-electron chi connectivity index (χ0n) is 62.8. The first-order valence-electron chi connectivity index (χ1n) is 33.1. The Bertz CT molecular complexity index is 4480. The van der Waals surface area contributed by atoms with Crippen molar-refractivity contribution < 1.29 is 94.2 Å². The Kier molecular flexibility index (Phi) is 38.0. The summed E-state index contributed by atoms with van der Waals surface area (Å²) in [5.41, 5.74) is 11.3. The number of nitrogens with zero attached hydrogens (tertiary/aromatic N) is 4. The first kappa shape index (κ1) is 90.6. The number of carbonyl (C=O) groups excluding carboxylic acids is 8. The Morgan fingerprint density at radius 3 is 1.09 bits per heavy atom. The van der Waals surface area contributed by atoms with Crippen molar-refractivity contribution in [3.63, 3.8) is 0 Å². The molecular weight excluding hydrogens is 1450 g/mol. The second-order valence-electron chi connectivity index (χ2n) is 24.2. The van der Waals surface area contributed by atoms with Crippen molar-refractivity contribution in [2.75, 3.05) is 92.0 Å². The van der Waals surface area contributed by atoms with E-state index in [0.29, 0.717) is 71.2 Å². The minimum Gasteiger partial charge on any atom is -0.497 e. The number of anilines is 11. The molecule has 1 unspecified atom stereocenters. The van der Waals surface area contributed by atoms with Crippen molar-refractivity contribution in [2.45, 2.75) is 89.3 Å². The van der Waals surface area contributed by atoms with E-state index in [-0.39, 0.29) is 105 Å². The third-order valence-electron chi connectivity index (χ3n) is 14.1. The maximum atomic E-state index is 14.5. The lowest BCUT2D eigenvalue weighted by Crippen LogP contribution is -2.40. The van der Waals surface area contributed by atoms with Crippen molar-refractivity contribution in [1.82, 2.24) is 25.3 Å². The molecule has 4 heterocycles. The summed E-state index contributed by atoms with van der Waals surface area (Å²) in [6, 6.07) is 25.8. The molecule has 0 aliphatic carbocycles. The number of methoxy groups -OCH3 is 4. The summed E-state index contributed by atoms with van der Waals surface area (Å²) in [7, 11) is 6.21. The predicted octanol–water partition coefficient (Wildman–Crippen LogP) is 14.0. The number of halogens is 5. The molecule has 584 valence electrons. The number of aryl methyl sites for hydroxylation is 4. The molecule has 1 atom stereocenters. The summed E-state index contributed by atoms with van der Waals surface area (Å²) in [4.78, 5) is 107. The van der Waals surface area contributed by atoms with Gasteiger partial charge in [-0.3, -0.25) is 9.59 Å². The Morgan fingerprint density at radius 1 is 0.477 bits per heavy atom. The fraction of sp³-hybridized carbons (Fsp3) is 0.320. The molecule has 2 amide bonds. The van der Waals surface area contributed by atoms with Crippen LogP contribution in [0.25, 0.3) is 0 Å². The van der Waals surface area contributed by atoms with Crippen molar-refractivity contribution in [3.05, 3.63) is 170 Å². The molecular formula is C75H88ClF4N13O16. The fourth-order valence-electron chi connectivity index (χ4n) is 9.26. The summed E-state index contributed by atoms with van der Waals surface area (Å²) in [6.07, 6.45) is 0.469. The number of amides is 2. The van der Waals surface area contributed by atoms with E-state index in [1.165, 1.54) is 7.11 Å². The highest BCUT2D eigenvalue weighted by molar-refractivity contribution is 6.29. The fourth-order valence-corrected chi connectivity index (χ4v) is 9.40. The normalized spacial score (nSPS) is 10.4. The second-order valence-corrected chi connectivity index (χ2v) is 24.6. The number of rotatable bonds is 29. The molecule has 109 heavy (non-hydrogen) atoms. The van der Waals surface area contributed by atoms with Gasteiger partial charge in [-0.05, 0) is 154 Å². The van der Waals surface area contributed by atoms with Crippen LogP contribution in [-0.2, 0) is 33.4 Å². The molecule has 0 saturated carbocycles. The second kappa shape index (κ2) is 45.7. The van der Waals surface area contributed by atoms with Crippen LogP contribution in [0.15, 0.2) is 97.1 Å². The van der Waals surface area contributed by atoms with Crippen LogP contribution in [0.5, 0.6) is 23.0 Å². The van der Waals surface area contributed by atoms with E-state index in [1.807, 2.05) is 118 Å². The number of aromatic nitrogens is 4. The summed E-state index contributed by atoms with van der Waals surface area (Å²) in [6.45, 7) is 24.1. The molecule has 4 aromatic heterocycles. The third kappa shape index (κ3) is 30.1. The van der Waals surface area contributed by atoms with Gasteiger partial charge in [0.15, 0.2) is 45.9 Å². The van der Waals surface area contributed by atoms with Gasteiger partial charge in [0.2, 0.25) is 6.41 Å².